The van der Waals surface area contributed by atoms with E-state index in [1.165, 1.54) is 23.8 Å². The molecule has 1 saturated heterocycles. The molecule has 1 aromatic heterocycles. The summed E-state index contributed by atoms with van der Waals surface area (Å²) in [6.07, 6.45) is 0.303. The smallest absolute Gasteiger partial charge is 0.232 e. The van der Waals surface area contributed by atoms with Crippen LogP contribution >= 0.6 is 11.6 Å². The van der Waals surface area contributed by atoms with E-state index < -0.39 is 5.82 Å². The minimum Gasteiger partial charge on any atom is -0.339 e. The minimum atomic E-state index is -0.505. The quantitative estimate of drug-likeness (QED) is 0.607. The maximum atomic E-state index is 13.3. The SMILES string of the molecule is CC(C)c1ccc(N2CC(c3nc(-c4ccc(F)c(Cl)c4)no3)CC2=O)cc1. The van der Waals surface area contributed by atoms with Crippen molar-refractivity contribution in [2.45, 2.75) is 32.1 Å². The number of aromatic nitrogens is 2. The van der Waals surface area contributed by atoms with Crippen molar-refractivity contribution in [3.63, 3.8) is 0 Å². The van der Waals surface area contributed by atoms with Crippen LogP contribution < -0.4 is 4.90 Å². The van der Waals surface area contributed by atoms with E-state index in [1.54, 1.807) is 4.90 Å². The van der Waals surface area contributed by atoms with Gasteiger partial charge in [-0.2, -0.15) is 4.98 Å². The van der Waals surface area contributed by atoms with Gasteiger partial charge in [0.1, 0.15) is 5.82 Å². The summed E-state index contributed by atoms with van der Waals surface area (Å²) in [6.45, 7) is 4.74. The molecule has 144 valence electrons. The van der Waals surface area contributed by atoms with Crippen molar-refractivity contribution in [1.82, 2.24) is 10.1 Å². The molecular formula is C21H19ClFN3O2. The van der Waals surface area contributed by atoms with E-state index in [2.05, 4.69) is 24.0 Å². The van der Waals surface area contributed by atoms with Gasteiger partial charge in [0.2, 0.25) is 17.6 Å². The maximum Gasteiger partial charge on any atom is 0.232 e. The molecule has 2 heterocycles. The van der Waals surface area contributed by atoms with E-state index in [4.69, 9.17) is 16.1 Å². The Morgan fingerprint density at radius 3 is 2.64 bits per heavy atom. The van der Waals surface area contributed by atoms with Gasteiger partial charge in [0, 0.05) is 24.2 Å². The zero-order valence-electron chi connectivity index (χ0n) is 15.5. The topological polar surface area (TPSA) is 59.2 Å². The zero-order chi connectivity index (χ0) is 19.8. The van der Waals surface area contributed by atoms with Crippen molar-refractivity contribution in [1.29, 1.82) is 0 Å². The van der Waals surface area contributed by atoms with Crippen LogP contribution in [0.4, 0.5) is 10.1 Å². The van der Waals surface area contributed by atoms with E-state index in [1.807, 2.05) is 24.3 Å². The molecule has 0 spiro atoms. The number of amides is 1. The van der Waals surface area contributed by atoms with Crippen molar-refractivity contribution in [3.8, 4) is 11.4 Å². The molecule has 1 unspecified atom stereocenters. The summed E-state index contributed by atoms with van der Waals surface area (Å²) in [7, 11) is 0. The molecule has 0 bridgehead atoms. The fourth-order valence-electron chi connectivity index (χ4n) is 3.32. The molecule has 0 aliphatic carbocycles. The Balaban J connectivity index is 1.52. The van der Waals surface area contributed by atoms with Crippen LogP contribution in [0.5, 0.6) is 0 Å². The Kier molecular flexibility index (Phi) is 4.89. The second kappa shape index (κ2) is 7.36. The molecule has 1 amide bonds. The molecule has 1 fully saturated rings. The fraction of sp³-hybridized carbons (Fsp3) is 0.286. The molecule has 0 N–H and O–H groups in total. The first-order valence-electron chi connectivity index (χ1n) is 9.11. The number of nitrogens with zero attached hydrogens (tertiary/aromatic N) is 3. The number of carbonyl (C=O) groups excluding carboxylic acids is 1. The lowest BCUT2D eigenvalue weighted by molar-refractivity contribution is -0.117. The highest BCUT2D eigenvalue weighted by atomic mass is 35.5. The molecule has 1 atom stereocenters. The Morgan fingerprint density at radius 2 is 1.96 bits per heavy atom. The van der Waals surface area contributed by atoms with Gasteiger partial charge in [-0.05, 0) is 41.8 Å². The fourth-order valence-corrected chi connectivity index (χ4v) is 3.50. The average molecular weight is 400 g/mol. The van der Waals surface area contributed by atoms with Gasteiger partial charge >= 0.3 is 0 Å². The van der Waals surface area contributed by atoms with Gasteiger partial charge < -0.3 is 9.42 Å². The molecule has 0 saturated carbocycles. The first-order valence-corrected chi connectivity index (χ1v) is 9.49. The van der Waals surface area contributed by atoms with Crippen molar-refractivity contribution in [3.05, 3.63) is 64.8 Å². The van der Waals surface area contributed by atoms with Crippen LogP contribution in [0, 0.1) is 5.82 Å². The molecule has 1 aliphatic heterocycles. The van der Waals surface area contributed by atoms with Gasteiger partial charge in [0.15, 0.2) is 0 Å². The van der Waals surface area contributed by atoms with E-state index in [0.717, 1.165) is 5.69 Å². The predicted molar refractivity (Wildman–Crippen MR) is 105 cm³/mol. The van der Waals surface area contributed by atoms with Gasteiger partial charge in [-0.3, -0.25) is 4.79 Å². The monoisotopic (exact) mass is 399 g/mol. The third-order valence-corrected chi connectivity index (χ3v) is 5.25. The summed E-state index contributed by atoms with van der Waals surface area (Å²) in [5.41, 5.74) is 2.65. The summed E-state index contributed by atoms with van der Waals surface area (Å²) in [4.78, 5) is 18.7. The van der Waals surface area contributed by atoms with E-state index in [-0.39, 0.29) is 16.8 Å². The van der Waals surface area contributed by atoms with Crippen LogP contribution in [0.3, 0.4) is 0 Å². The van der Waals surface area contributed by atoms with Crippen LogP contribution in [-0.4, -0.2) is 22.6 Å². The van der Waals surface area contributed by atoms with Gasteiger partial charge in [-0.25, -0.2) is 4.39 Å². The molecule has 2 aromatic carbocycles. The third kappa shape index (κ3) is 3.52. The van der Waals surface area contributed by atoms with Gasteiger partial charge in [-0.15, -0.1) is 0 Å². The summed E-state index contributed by atoms with van der Waals surface area (Å²) >= 11 is 5.82. The summed E-state index contributed by atoms with van der Waals surface area (Å²) in [5.74, 6) is 0.484. The first-order chi connectivity index (χ1) is 13.4. The lowest BCUT2D eigenvalue weighted by Gasteiger charge is -2.17. The number of carbonyl (C=O) groups is 1. The van der Waals surface area contributed by atoms with Crippen molar-refractivity contribution < 1.29 is 13.7 Å². The number of rotatable bonds is 4. The summed E-state index contributed by atoms with van der Waals surface area (Å²) in [5, 5.41) is 3.95. The standard InChI is InChI=1S/C21H19ClFN3O2/c1-12(2)13-3-6-16(7-4-13)26-11-15(10-19(26)27)21-24-20(25-28-21)14-5-8-18(23)17(22)9-14/h3-9,12,15H,10-11H2,1-2H3. The second-order valence-corrected chi connectivity index (χ2v) is 7.64. The average Bonchev–Trinajstić information content (AvgIpc) is 3.31. The van der Waals surface area contributed by atoms with Crippen LogP contribution in [0.2, 0.25) is 5.02 Å². The lowest BCUT2D eigenvalue weighted by atomic mass is 10.0. The van der Waals surface area contributed by atoms with E-state index in [0.29, 0.717) is 36.2 Å². The number of halogens is 2. The van der Waals surface area contributed by atoms with E-state index in [9.17, 15) is 9.18 Å². The number of benzene rings is 2. The molecule has 28 heavy (non-hydrogen) atoms. The Bertz CT molecular complexity index is 1020. The molecule has 0 radical (unpaired) electrons. The Morgan fingerprint density at radius 1 is 1.21 bits per heavy atom. The molecule has 7 heteroatoms. The molecule has 3 aromatic rings. The first kappa shape index (κ1) is 18.6. The lowest BCUT2D eigenvalue weighted by Crippen LogP contribution is -2.24. The zero-order valence-corrected chi connectivity index (χ0v) is 16.3. The van der Waals surface area contributed by atoms with Crippen LogP contribution in [-0.2, 0) is 4.79 Å². The van der Waals surface area contributed by atoms with Gasteiger partial charge in [-0.1, -0.05) is 42.7 Å². The maximum absolute atomic E-state index is 13.3. The van der Waals surface area contributed by atoms with Gasteiger partial charge in [0.25, 0.3) is 0 Å². The molecule has 1 aliphatic rings. The number of anilines is 1. The van der Waals surface area contributed by atoms with Crippen LogP contribution in [0.1, 0.15) is 43.6 Å². The molecule has 4 rings (SSSR count). The number of hydrogen-bond acceptors (Lipinski definition) is 4. The van der Waals surface area contributed by atoms with Crippen molar-refractivity contribution in [2.24, 2.45) is 0 Å². The summed E-state index contributed by atoms with van der Waals surface area (Å²) < 4.78 is 18.7. The Labute approximate surface area is 167 Å². The number of hydrogen-bond donors (Lipinski definition) is 0. The van der Waals surface area contributed by atoms with Crippen LogP contribution in [0.25, 0.3) is 11.4 Å². The van der Waals surface area contributed by atoms with E-state index >= 15 is 0 Å². The predicted octanol–water partition coefficient (Wildman–Crippen LogP) is 5.17. The highest BCUT2D eigenvalue weighted by Crippen LogP contribution is 2.33. The van der Waals surface area contributed by atoms with Gasteiger partial charge in [0.05, 0.1) is 10.9 Å². The Hall–Kier alpha value is -2.73. The normalized spacial score (nSPS) is 17.0. The van der Waals surface area contributed by atoms with Crippen molar-refractivity contribution >= 4 is 23.2 Å². The second-order valence-electron chi connectivity index (χ2n) is 7.24. The molecule has 5 nitrogen and oxygen atoms in total. The van der Waals surface area contributed by atoms with Crippen molar-refractivity contribution in [2.75, 3.05) is 11.4 Å². The highest BCUT2D eigenvalue weighted by molar-refractivity contribution is 6.31. The highest BCUT2D eigenvalue weighted by Gasteiger charge is 2.35. The van der Waals surface area contributed by atoms with Crippen LogP contribution in [0.15, 0.2) is 47.0 Å². The third-order valence-electron chi connectivity index (χ3n) is 4.97. The largest absolute Gasteiger partial charge is 0.339 e. The minimum absolute atomic E-state index is 0.00378. The summed E-state index contributed by atoms with van der Waals surface area (Å²) in [6, 6.07) is 12.3. The molecular weight excluding hydrogens is 381 g/mol.